The van der Waals surface area contributed by atoms with Crippen molar-refractivity contribution in [2.75, 3.05) is 32.8 Å². The van der Waals surface area contributed by atoms with Crippen molar-refractivity contribution in [1.29, 1.82) is 0 Å². The van der Waals surface area contributed by atoms with Crippen LogP contribution in [0.5, 0.6) is 0 Å². The highest BCUT2D eigenvalue weighted by atomic mass is 16.7. The van der Waals surface area contributed by atoms with Crippen molar-refractivity contribution in [3.8, 4) is 0 Å². The second-order valence-corrected chi connectivity index (χ2v) is 6.10. The first kappa shape index (κ1) is 23.6. The van der Waals surface area contributed by atoms with Crippen LogP contribution in [0.1, 0.15) is 0 Å². The van der Waals surface area contributed by atoms with Gasteiger partial charge in [-0.2, -0.15) is 0 Å². The van der Waals surface area contributed by atoms with E-state index < -0.39 is 68.3 Å². The van der Waals surface area contributed by atoms with E-state index in [1.165, 1.54) is 0 Å². The minimum atomic E-state index is -1.76. The zero-order valence-corrected chi connectivity index (χ0v) is 14.2. The van der Waals surface area contributed by atoms with Crippen LogP contribution in [-0.2, 0) is 9.47 Å². The number of hydrogen-bond acceptors (Lipinski definition) is 12. The number of rotatable bonds is 11. The van der Waals surface area contributed by atoms with E-state index in [0.29, 0.717) is 13.1 Å². The van der Waals surface area contributed by atoms with E-state index >= 15 is 0 Å². The predicted molar refractivity (Wildman–Crippen MR) is 85.7 cm³/mol. The molecule has 0 unspecified atom stereocenters. The summed E-state index contributed by atoms with van der Waals surface area (Å²) in [7, 11) is 0. The van der Waals surface area contributed by atoms with Gasteiger partial charge in [0.1, 0.15) is 42.7 Å². The summed E-state index contributed by atoms with van der Waals surface area (Å²) in [6, 6.07) is 0. The third-order valence-corrected chi connectivity index (χ3v) is 4.11. The Balaban J connectivity index is 2.82. The van der Waals surface area contributed by atoms with E-state index in [2.05, 4.69) is 5.32 Å². The fourth-order valence-electron chi connectivity index (χ4n) is 2.53. The summed E-state index contributed by atoms with van der Waals surface area (Å²) in [5.41, 5.74) is 5.30. The molecule has 1 fully saturated rings. The summed E-state index contributed by atoms with van der Waals surface area (Å²) in [6.45, 7) is -0.948. The quantitative estimate of drug-likeness (QED) is 0.150. The molecule has 0 radical (unpaired) electrons. The maximum absolute atomic E-state index is 10.2. The minimum Gasteiger partial charge on any atom is -0.394 e. The molecule has 11 N–H and O–H groups in total. The molecule has 1 heterocycles. The van der Waals surface area contributed by atoms with E-state index in [4.69, 9.17) is 25.4 Å². The standard InChI is InChI=1S/C14H30N2O10/c15-1-2-16-3-6(19)9(21)13(7(20)4-17)26-14-12(24)11(23)10(22)8(5-18)25-14/h6-14,16-24H,1-5,15H2/t6-,7+,8+,9+,10-,11-,12+,13+,14-/m0/s1. The van der Waals surface area contributed by atoms with Crippen molar-refractivity contribution in [2.24, 2.45) is 5.73 Å². The predicted octanol–water partition coefficient (Wildman–Crippen LogP) is -6.21. The first-order valence-corrected chi connectivity index (χ1v) is 8.30. The second-order valence-electron chi connectivity index (χ2n) is 6.10. The summed E-state index contributed by atoms with van der Waals surface area (Å²) in [5, 5.41) is 80.6. The molecule has 0 aromatic carbocycles. The molecule has 0 aliphatic carbocycles. The van der Waals surface area contributed by atoms with Crippen molar-refractivity contribution >= 4 is 0 Å². The first-order chi connectivity index (χ1) is 12.3. The Hall–Kier alpha value is -0.480. The van der Waals surface area contributed by atoms with Gasteiger partial charge in [0.2, 0.25) is 0 Å². The second kappa shape index (κ2) is 11.4. The molecule has 1 saturated heterocycles. The number of aliphatic hydroxyl groups excluding tert-OH is 8. The highest BCUT2D eigenvalue weighted by Gasteiger charge is 2.46. The van der Waals surface area contributed by atoms with Gasteiger partial charge >= 0.3 is 0 Å². The van der Waals surface area contributed by atoms with Crippen LogP contribution in [0.15, 0.2) is 0 Å². The Bertz CT molecular complexity index is 391. The van der Waals surface area contributed by atoms with Crippen molar-refractivity contribution < 1.29 is 50.3 Å². The normalized spacial score (nSPS) is 34.3. The van der Waals surface area contributed by atoms with Crippen molar-refractivity contribution in [3.63, 3.8) is 0 Å². The van der Waals surface area contributed by atoms with E-state index in [1.54, 1.807) is 0 Å². The fourth-order valence-corrected chi connectivity index (χ4v) is 2.53. The SMILES string of the molecule is NCCNC[C@H](O)[C@@H](O)[C@H](O[C@@H]1O[C@H](CO)[C@H](O)[C@H](O)[C@H]1O)[C@H](O)CO. The average molecular weight is 386 g/mol. The lowest BCUT2D eigenvalue weighted by atomic mass is 9.98. The molecule has 1 aliphatic heterocycles. The van der Waals surface area contributed by atoms with E-state index in [9.17, 15) is 30.6 Å². The van der Waals surface area contributed by atoms with Gasteiger partial charge in [-0.25, -0.2) is 0 Å². The highest BCUT2D eigenvalue weighted by molar-refractivity contribution is 4.91. The van der Waals surface area contributed by atoms with Crippen LogP contribution in [0.4, 0.5) is 0 Å². The molecule has 26 heavy (non-hydrogen) atoms. The maximum atomic E-state index is 10.2. The van der Waals surface area contributed by atoms with E-state index in [-0.39, 0.29) is 6.54 Å². The average Bonchev–Trinajstić information content (AvgIpc) is 2.64. The molecular weight excluding hydrogens is 356 g/mol. The molecule has 12 nitrogen and oxygen atoms in total. The summed E-state index contributed by atoms with van der Waals surface area (Å²) in [5.74, 6) is 0. The van der Waals surface area contributed by atoms with Gasteiger partial charge in [0, 0.05) is 19.6 Å². The van der Waals surface area contributed by atoms with Gasteiger partial charge in [-0.3, -0.25) is 0 Å². The largest absolute Gasteiger partial charge is 0.394 e. The van der Waals surface area contributed by atoms with Gasteiger partial charge in [-0.1, -0.05) is 0 Å². The topological polar surface area (TPSA) is 218 Å². The zero-order valence-electron chi connectivity index (χ0n) is 14.2. The Labute approximate surface area is 150 Å². The Morgan fingerprint density at radius 1 is 1.00 bits per heavy atom. The van der Waals surface area contributed by atoms with Gasteiger partial charge in [0.25, 0.3) is 0 Å². The van der Waals surface area contributed by atoms with Gasteiger partial charge in [0.15, 0.2) is 6.29 Å². The number of hydrogen-bond donors (Lipinski definition) is 10. The molecule has 0 amide bonds. The Kier molecular flexibility index (Phi) is 10.3. The van der Waals surface area contributed by atoms with Crippen molar-refractivity contribution in [3.05, 3.63) is 0 Å². The van der Waals surface area contributed by atoms with Crippen LogP contribution in [0, 0.1) is 0 Å². The molecule has 0 bridgehead atoms. The molecular formula is C14H30N2O10. The van der Waals surface area contributed by atoms with Crippen LogP contribution in [0.2, 0.25) is 0 Å². The molecule has 1 aliphatic rings. The molecule has 1 rings (SSSR count). The molecule has 156 valence electrons. The monoisotopic (exact) mass is 386 g/mol. The molecule has 0 aromatic rings. The highest BCUT2D eigenvalue weighted by Crippen LogP contribution is 2.24. The summed E-state index contributed by atoms with van der Waals surface area (Å²) in [4.78, 5) is 0. The van der Waals surface area contributed by atoms with Crippen LogP contribution in [0.3, 0.4) is 0 Å². The third kappa shape index (κ3) is 6.02. The number of nitrogens with one attached hydrogen (secondary N) is 1. The van der Waals surface area contributed by atoms with Crippen LogP contribution < -0.4 is 11.1 Å². The van der Waals surface area contributed by atoms with Crippen LogP contribution in [0.25, 0.3) is 0 Å². The third-order valence-electron chi connectivity index (χ3n) is 4.11. The lowest BCUT2D eigenvalue weighted by Crippen LogP contribution is -2.61. The molecule has 0 saturated carbocycles. The number of aliphatic hydroxyl groups is 8. The number of nitrogens with two attached hydrogens (primary N) is 1. The van der Waals surface area contributed by atoms with Gasteiger partial charge in [-0.05, 0) is 0 Å². The molecule has 12 heteroatoms. The zero-order chi connectivity index (χ0) is 19.9. The first-order valence-electron chi connectivity index (χ1n) is 8.30. The lowest BCUT2D eigenvalue weighted by Gasteiger charge is -2.42. The lowest BCUT2D eigenvalue weighted by molar-refractivity contribution is -0.327. The number of ether oxygens (including phenoxy) is 2. The van der Waals surface area contributed by atoms with E-state index in [1.807, 2.05) is 0 Å². The van der Waals surface area contributed by atoms with Crippen LogP contribution in [-0.4, -0.2) is 129 Å². The summed E-state index contributed by atoms with van der Waals surface area (Å²) >= 11 is 0. The molecule has 0 aromatic heterocycles. The minimum absolute atomic E-state index is 0.0922. The van der Waals surface area contributed by atoms with E-state index in [0.717, 1.165) is 0 Å². The van der Waals surface area contributed by atoms with Crippen LogP contribution >= 0.6 is 0 Å². The smallest absolute Gasteiger partial charge is 0.187 e. The summed E-state index contributed by atoms with van der Waals surface area (Å²) < 4.78 is 10.4. The van der Waals surface area contributed by atoms with Gasteiger partial charge < -0.3 is 61.4 Å². The molecule has 9 atom stereocenters. The Morgan fingerprint density at radius 3 is 2.19 bits per heavy atom. The summed E-state index contributed by atoms with van der Waals surface area (Å²) in [6.07, 6.45) is -14.3. The van der Waals surface area contributed by atoms with Crippen molar-refractivity contribution in [2.45, 2.75) is 55.1 Å². The maximum Gasteiger partial charge on any atom is 0.187 e. The fraction of sp³-hybridized carbons (Fsp3) is 1.00. The van der Waals surface area contributed by atoms with Gasteiger partial charge in [-0.15, -0.1) is 0 Å². The van der Waals surface area contributed by atoms with Crippen molar-refractivity contribution in [1.82, 2.24) is 5.32 Å². The van der Waals surface area contributed by atoms with Gasteiger partial charge in [0.05, 0.1) is 19.3 Å². The molecule has 0 spiro atoms. The Morgan fingerprint density at radius 2 is 1.65 bits per heavy atom.